The van der Waals surface area contributed by atoms with Crippen molar-refractivity contribution < 1.29 is 31.0 Å². The molecule has 35 heavy (non-hydrogen) atoms. The number of rotatable bonds is 8. The van der Waals surface area contributed by atoms with Crippen LogP contribution in [0.4, 0.5) is 0 Å². The number of sulfone groups is 1. The molecule has 1 aliphatic carbocycles. The third-order valence-corrected chi connectivity index (χ3v) is 7.55. The first kappa shape index (κ1) is 26.2. The second-order valence-corrected chi connectivity index (χ2v) is 11.6. The maximum atomic E-state index is 13.6. The van der Waals surface area contributed by atoms with Gasteiger partial charge in [-0.1, -0.05) is 30.3 Å². The molecule has 11 heteroatoms. The van der Waals surface area contributed by atoms with Gasteiger partial charge in [0.15, 0.2) is 15.6 Å². The molecule has 1 atom stereocenters. The molecule has 1 aliphatic rings. The van der Waals surface area contributed by atoms with E-state index in [-0.39, 0.29) is 34.6 Å². The molecule has 3 N–H and O–H groups in total. The SMILES string of the molecule is Cc1ccccc1C(=O)C1=CC(CC=O)C(N)=C(S(=O)(=O)O)C=C1Cc1cncc(S(C)(=O)=O)c1. The number of nitrogens with two attached hydrogens (primary N) is 1. The van der Waals surface area contributed by atoms with Crippen molar-refractivity contribution in [3.05, 3.63) is 93.3 Å². The van der Waals surface area contributed by atoms with Gasteiger partial charge in [-0.15, -0.1) is 0 Å². The highest BCUT2D eigenvalue weighted by molar-refractivity contribution is 7.90. The molecule has 0 amide bonds. The van der Waals surface area contributed by atoms with Gasteiger partial charge in [-0.25, -0.2) is 8.42 Å². The molecule has 184 valence electrons. The van der Waals surface area contributed by atoms with Crippen LogP contribution in [-0.4, -0.2) is 44.7 Å². The first-order chi connectivity index (χ1) is 16.3. The maximum Gasteiger partial charge on any atom is 0.296 e. The standard InChI is InChI=1S/C24H24N2O7S2/c1-15-5-3-4-6-20(15)24(28)21-11-17(7-8-27)23(25)22(35(31,32)33)12-18(21)9-16-10-19(14-26-13-16)34(2,29)30/h3-6,8,10-14,17H,7,9,25H2,1-2H3,(H,31,32,33). The molecule has 3 rings (SSSR count). The topological polar surface area (TPSA) is 162 Å². The van der Waals surface area contributed by atoms with Crippen molar-refractivity contribution in [2.45, 2.75) is 24.7 Å². The summed E-state index contributed by atoms with van der Waals surface area (Å²) in [4.78, 5) is 28.2. The minimum atomic E-state index is -4.82. The molecule has 9 nitrogen and oxygen atoms in total. The molecule has 0 aliphatic heterocycles. The van der Waals surface area contributed by atoms with Gasteiger partial charge in [-0.2, -0.15) is 8.42 Å². The number of hydrogen-bond acceptors (Lipinski definition) is 8. The van der Waals surface area contributed by atoms with Crippen molar-refractivity contribution in [2.75, 3.05) is 6.26 Å². The number of aryl methyl sites for hydroxylation is 1. The maximum absolute atomic E-state index is 13.6. The normalized spacial score (nSPS) is 16.8. The monoisotopic (exact) mass is 516 g/mol. The molecule has 1 unspecified atom stereocenters. The minimum absolute atomic E-state index is 0.0520. The number of ketones is 1. The first-order valence-electron chi connectivity index (χ1n) is 10.4. The van der Waals surface area contributed by atoms with Gasteiger partial charge in [0.2, 0.25) is 0 Å². The van der Waals surface area contributed by atoms with E-state index in [0.29, 0.717) is 23.0 Å². The molecular weight excluding hydrogens is 492 g/mol. The van der Waals surface area contributed by atoms with Crippen LogP contribution in [0.15, 0.2) is 81.5 Å². The third-order valence-electron chi connectivity index (χ3n) is 5.56. The van der Waals surface area contributed by atoms with E-state index in [2.05, 4.69) is 4.98 Å². The number of allylic oxidation sites excluding steroid dienone is 4. The Balaban J connectivity index is 2.25. The number of carbonyl (C=O) groups is 2. The van der Waals surface area contributed by atoms with Crippen LogP contribution < -0.4 is 5.73 Å². The fraction of sp³-hybridized carbons (Fsp3) is 0.208. The molecule has 0 radical (unpaired) electrons. The molecule has 0 fully saturated rings. The third kappa shape index (κ3) is 5.99. The lowest BCUT2D eigenvalue weighted by atomic mass is 9.88. The lowest BCUT2D eigenvalue weighted by Crippen LogP contribution is -2.17. The van der Waals surface area contributed by atoms with Crippen LogP contribution in [0.5, 0.6) is 0 Å². The summed E-state index contributed by atoms with van der Waals surface area (Å²) in [7, 11) is -8.40. The van der Waals surface area contributed by atoms with Crippen molar-refractivity contribution in [2.24, 2.45) is 11.7 Å². The largest absolute Gasteiger partial charge is 0.400 e. The van der Waals surface area contributed by atoms with E-state index in [9.17, 15) is 31.0 Å². The summed E-state index contributed by atoms with van der Waals surface area (Å²) in [6, 6.07) is 8.17. The zero-order valence-corrected chi connectivity index (χ0v) is 20.6. The number of carbonyl (C=O) groups excluding carboxylic acids is 2. The highest BCUT2D eigenvalue weighted by Gasteiger charge is 2.29. The van der Waals surface area contributed by atoms with Crippen molar-refractivity contribution in [1.82, 2.24) is 4.98 Å². The van der Waals surface area contributed by atoms with Gasteiger partial charge in [0.05, 0.1) is 4.90 Å². The zero-order valence-electron chi connectivity index (χ0n) is 19.0. The van der Waals surface area contributed by atoms with Crippen LogP contribution in [-0.2, 0) is 31.2 Å². The number of benzene rings is 1. The Bertz CT molecular complexity index is 1500. The lowest BCUT2D eigenvalue weighted by Gasteiger charge is -2.15. The smallest absolute Gasteiger partial charge is 0.296 e. The summed E-state index contributed by atoms with van der Waals surface area (Å²) in [6.45, 7) is 1.74. The Kier molecular flexibility index (Phi) is 7.53. The van der Waals surface area contributed by atoms with E-state index in [0.717, 1.165) is 12.3 Å². The molecule has 1 heterocycles. The van der Waals surface area contributed by atoms with Crippen molar-refractivity contribution in [3.63, 3.8) is 0 Å². The first-order valence-corrected chi connectivity index (χ1v) is 13.7. The van der Waals surface area contributed by atoms with Gasteiger partial charge < -0.3 is 10.5 Å². The Hall–Kier alpha value is -3.41. The van der Waals surface area contributed by atoms with Crippen molar-refractivity contribution >= 4 is 32.0 Å². The second-order valence-electron chi connectivity index (χ2n) is 8.18. The van der Waals surface area contributed by atoms with E-state index in [1.54, 1.807) is 31.2 Å². The Morgan fingerprint density at radius 3 is 2.46 bits per heavy atom. The van der Waals surface area contributed by atoms with Crippen molar-refractivity contribution in [1.29, 1.82) is 0 Å². The number of hydrogen-bond donors (Lipinski definition) is 2. The van der Waals surface area contributed by atoms with Crippen LogP contribution >= 0.6 is 0 Å². The number of aromatic nitrogens is 1. The molecule has 1 aromatic heterocycles. The summed E-state index contributed by atoms with van der Waals surface area (Å²) in [5.74, 6) is -1.41. The van der Waals surface area contributed by atoms with E-state index in [1.165, 1.54) is 24.5 Å². The second kappa shape index (κ2) is 10.1. The molecule has 0 saturated heterocycles. The molecule has 0 saturated carbocycles. The summed E-state index contributed by atoms with van der Waals surface area (Å²) in [5, 5.41) is 0. The van der Waals surface area contributed by atoms with Gasteiger partial charge in [-0.05, 0) is 42.2 Å². The van der Waals surface area contributed by atoms with Crippen LogP contribution in [0.3, 0.4) is 0 Å². The predicted octanol–water partition coefficient (Wildman–Crippen LogP) is 2.35. The Morgan fingerprint density at radius 2 is 1.86 bits per heavy atom. The Labute approximate surface area is 203 Å². The van der Waals surface area contributed by atoms with E-state index < -0.39 is 36.6 Å². The number of aldehydes is 1. The summed E-state index contributed by atoms with van der Waals surface area (Å²) in [6.07, 6.45) is 6.31. The van der Waals surface area contributed by atoms with Crippen LogP contribution in [0.1, 0.15) is 27.9 Å². The zero-order chi connectivity index (χ0) is 26.0. The fourth-order valence-electron chi connectivity index (χ4n) is 3.75. The Morgan fingerprint density at radius 1 is 1.17 bits per heavy atom. The lowest BCUT2D eigenvalue weighted by molar-refractivity contribution is -0.108. The molecule has 1 aromatic carbocycles. The van der Waals surface area contributed by atoms with Crippen LogP contribution in [0.2, 0.25) is 0 Å². The van der Waals surface area contributed by atoms with Crippen LogP contribution in [0.25, 0.3) is 0 Å². The quantitative estimate of drug-likeness (QED) is 0.305. The number of Topliss-reactive ketones (excluding diaryl/α,β-unsaturated/α-hetero) is 1. The van der Waals surface area contributed by atoms with E-state index in [4.69, 9.17) is 5.73 Å². The number of pyridine rings is 1. The molecule has 2 aromatic rings. The van der Waals surface area contributed by atoms with E-state index >= 15 is 0 Å². The molecule has 0 bridgehead atoms. The highest BCUT2D eigenvalue weighted by atomic mass is 32.2. The molecular formula is C24H24N2O7S2. The van der Waals surface area contributed by atoms with Gasteiger partial charge in [0, 0.05) is 47.8 Å². The van der Waals surface area contributed by atoms with Crippen LogP contribution in [0, 0.1) is 12.8 Å². The predicted molar refractivity (Wildman–Crippen MR) is 130 cm³/mol. The average molecular weight is 517 g/mol. The summed E-state index contributed by atoms with van der Waals surface area (Å²) in [5.41, 5.74) is 7.42. The average Bonchev–Trinajstić information content (AvgIpc) is 2.91. The summed E-state index contributed by atoms with van der Waals surface area (Å²) < 4.78 is 58.1. The highest BCUT2D eigenvalue weighted by Crippen LogP contribution is 2.33. The summed E-state index contributed by atoms with van der Waals surface area (Å²) >= 11 is 0. The fourth-order valence-corrected chi connectivity index (χ4v) is 5.10. The van der Waals surface area contributed by atoms with E-state index in [1.807, 2.05) is 0 Å². The van der Waals surface area contributed by atoms with Crippen molar-refractivity contribution in [3.8, 4) is 0 Å². The van der Waals surface area contributed by atoms with Gasteiger partial charge in [0.1, 0.15) is 11.2 Å². The van der Waals surface area contributed by atoms with Gasteiger partial charge in [0.25, 0.3) is 10.1 Å². The van der Waals surface area contributed by atoms with Gasteiger partial charge >= 0.3 is 0 Å². The molecule has 0 spiro atoms. The number of nitrogens with zero attached hydrogens (tertiary/aromatic N) is 1. The minimum Gasteiger partial charge on any atom is -0.400 e. The van der Waals surface area contributed by atoms with Gasteiger partial charge in [-0.3, -0.25) is 14.3 Å².